The summed E-state index contributed by atoms with van der Waals surface area (Å²) in [4.78, 5) is 19.9. The quantitative estimate of drug-likeness (QED) is 0.613. The van der Waals surface area contributed by atoms with Crippen LogP contribution >= 0.6 is 0 Å². The van der Waals surface area contributed by atoms with Gasteiger partial charge in [0.15, 0.2) is 0 Å². The molecular weight excluding hydrogens is 410 g/mol. The Morgan fingerprint density at radius 2 is 1.91 bits per heavy atom. The minimum absolute atomic E-state index is 0.0486. The van der Waals surface area contributed by atoms with Crippen molar-refractivity contribution in [2.75, 3.05) is 32.6 Å². The molecule has 1 fully saturated rings. The molecule has 0 atom stereocenters. The summed E-state index contributed by atoms with van der Waals surface area (Å²) in [6.07, 6.45) is 5.78. The number of methoxy groups -OCH3 is 1. The first-order valence-electron chi connectivity index (χ1n) is 11.8. The van der Waals surface area contributed by atoms with Crippen LogP contribution in [0.3, 0.4) is 0 Å². The van der Waals surface area contributed by atoms with Crippen molar-refractivity contribution < 1.29 is 9.53 Å². The SMILES string of the molecule is CCc1ccc(C(=O)N2CCC3(CC2)Cc2cnc(NC)cc2-c2ccccc23)cc1OC. The van der Waals surface area contributed by atoms with Crippen molar-refractivity contribution in [1.82, 2.24) is 9.88 Å². The molecule has 33 heavy (non-hydrogen) atoms. The van der Waals surface area contributed by atoms with Crippen molar-refractivity contribution in [2.24, 2.45) is 0 Å². The van der Waals surface area contributed by atoms with Gasteiger partial charge in [0.1, 0.15) is 11.6 Å². The molecule has 2 aromatic carbocycles. The topological polar surface area (TPSA) is 54.5 Å². The number of carbonyl (C=O) groups is 1. The molecule has 0 unspecified atom stereocenters. The van der Waals surface area contributed by atoms with Crippen LogP contribution in [0.25, 0.3) is 11.1 Å². The van der Waals surface area contributed by atoms with Crippen LogP contribution in [0, 0.1) is 0 Å². The lowest BCUT2D eigenvalue weighted by atomic mass is 9.63. The average Bonchev–Trinajstić information content (AvgIpc) is 2.88. The molecule has 1 aromatic heterocycles. The monoisotopic (exact) mass is 441 g/mol. The second kappa shape index (κ2) is 8.54. The number of ether oxygens (including phenoxy) is 1. The Morgan fingerprint density at radius 3 is 2.64 bits per heavy atom. The highest BCUT2D eigenvalue weighted by Gasteiger charge is 2.42. The molecule has 5 nitrogen and oxygen atoms in total. The number of fused-ring (bicyclic) bond motifs is 4. The number of hydrogen-bond donors (Lipinski definition) is 1. The van der Waals surface area contributed by atoms with Gasteiger partial charge in [-0.2, -0.15) is 0 Å². The molecule has 5 rings (SSSR count). The van der Waals surface area contributed by atoms with E-state index in [4.69, 9.17) is 4.74 Å². The number of nitrogens with one attached hydrogen (secondary N) is 1. The van der Waals surface area contributed by atoms with Crippen molar-refractivity contribution in [3.05, 3.63) is 77.0 Å². The van der Waals surface area contributed by atoms with Crippen LogP contribution in [-0.2, 0) is 18.3 Å². The highest BCUT2D eigenvalue weighted by molar-refractivity contribution is 5.95. The number of benzene rings is 2. The van der Waals surface area contributed by atoms with Gasteiger partial charge in [-0.3, -0.25) is 4.79 Å². The summed E-state index contributed by atoms with van der Waals surface area (Å²) in [7, 11) is 3.57. The zero-order valence-corrected chi connectivity index (χ0v) is 19.6. The number of aromatic nitrogens is 1. The molecule has 0 bridgehead atoms. The predicted molar refractivity (Wildman–Crippen MR) is 132 cm³/mol. The molecule has 0 radical (unpaired) electrons. The zero-order valence-electron chi connectivity index (χ0n) is 19.6. The Balaban J connectivity index is 1.41. The van der Waals surface area contributed by atoms with E-state index in [9.17, 15) is 4.79 Å². The molecule has 0 saturated carbocycles. The number of rotatable bonds is 4. The Morgan fingerprint density at radius 1 is 1.12 bits per heavy atom. The smallest absolute Gasteiger partial charge is 0.253 e. The normalized spacial score (nSPS) is 16.2. The van der Waals surface area contributed by atoms with E-state index in [-0.39, 0.29) is 11.3 Å². The lowest BCUT2D eigenvalue weighted by Gasteiger charge is -2.46. The summed E-state index contributed by atoms with van der Waals surface area (Å²) < 4.78 is 5.51. The molecule has 1 aliphatic carbocycles. The van der Waals surface area contributed by atoms with E-state index < -0.39 is 0 Å². The number of piperidine rings is 1. The van der Waals surface area contributed by atoms with E-state index in [1.165, 1.54) is 22.3 Å². The molecule has 3 aromatic rings. The number of hydrogen-bond acceptors (Lipinski definition) is 4. The first kappa shape index (κ1) is 21.5. The minimum atomic E-state index is 0.0486. The highest BCUT2D eigenvalue weighted by atomic mass is 16.5. The van der Waals surface area contributed by atoms with Gasteiger partial charge in [0, 0.05) is 37.3 Å². The number of pyridine rings is 1. The number of anilines is 1. The average molecular weight is 442 g/mol. The van der Waals surface area contributed by atoms with Gasteiger partial charge in [0.05, 0.1) is 7.11 Å². The van der Waals surface area contributed by atoms with Gasteiger partial charge in [-0.05, 0) is 71.7 Å². The Hall–Kier alpha value is -3.34. The summed E-state index contributed by atoms with van der Waals surface area (Å²) in [5.41, 5.74) is 7.17. The van der Waals surface area contributed by atoms with Crippen LogP contribution < -0.4 is 10.1 Å². The van der Waals surface area contributed by atoms with E-state index in [0.29, 0.717) is 5.56 Å². The van der Waals surface area contributed by atoms with Crippen LogP contribution in [0.2, 0.25) is 0 Å². The highest BCUT2D eigenvalue weighted by Crippen LogP contribution is 2.48. The number of amides is 1. The summed E-state index contributed by atoms with van der Waals surface area (Å²) in [6.45, 7) is 3.60. The van der Waals surface area contributed by atoms with Gasteiger partial charge < -0.3 is 15.0 Å². The summed E-state index contributed by atoms with van der Waals surface area (Å²) >= 11 is 0. The maximum Gasteiger partial charge on any atom is 0.253 e. The van der Waals surface area contributed by atoms with Gasteiger partial charge in [-0.15, -0.1) is 0 Å². The first-order chi connectivity index (χ1) is 16.1. The fraction of sp³-hybridized carbons (Fsp3) is 0.357. The van der Waals surface area contributed by atoms with E-state index >= 15 is 0 Å². The number of likely N-dealkylation sites (tertiary alicyclic amines) is 1. The van der Waals surface area contributed by atoms with E-state index in [1.807, 2.05) is 36.3 Å². The third-order valence-electron chi connectivity index (χ3n) is 7.48. The lowest BCUT2D eigenvalue weighted by molar-refractivity contribution is 0.0664. The van der Waals surface area contributed by atoms with Crippen molar-refractivity contribution in [2.45, 2.75) is 38.0 Å². The first-order valence-corrected chi connectivity index (χ1v) is 11.8. The standard InChI is InChI=1S/C28H31N3O2/c1-4-19-9-10-20(15-25(19)33-3)27(32)31-13-11-28(12-14-31)17-21-18-30-26(29-2)16-23(21)22-7-5-6-8-24(22)28/h5-10,15-16,18H,4,11-14,17H2,1-3H3,(H,29,30). The fourth-order valence-electron chi connectivity index (χ4n) is 5.59. The third-order valence-corrected chi connectivity index (χ3v) is 7.48. The van der Waals surface area contributed by atoms with E-state index in [0.717, 1.165) is 55.9 Å². The Bertz CT molecular complexity index is 1200. The molecule has 1 amide bonds. The number of nitrogens with zero attached hydrogens (tertiary/aromatic N) is 2. The summed E-state index contributed by atoms with van der Waals surface area (Å²) in [5, 5.41) is 3.16. The van der Waals surface area contributed by atoms with Gasteiger partial charge >= 0.3 is 0 Å². The third kappa shape index (κ3) is 3.65. The Kier molecular flexibility index (Phi) is 5.57. The van der Waals surface area contributed by atoms with Crippen molar-refractivity contribution in [3.63, 3.8) is 0 Å². The van der Waals surface area contributed by atoms with Crippen molar-refractivity contribution in [3.8, 4) is 16.9 Å². The summed E-state index contributed by atoms with van der Waals surface area (Å²) in [6, 6.07) is 16.8. The van der Waals surface area contributed by atoms with E-state index in [2.05, 4.69) is 47.6 Å². The van der Waals surface area contributed by atoms with Gasteiger partial charge in [0.2, 0.25) is 0 Å². The molecular formula is C28H31N3O2. The molecule has 1 spiro atoms. The largest absolute Gasteiger partial charge is 0.496 e. The molecule has 1 saturated heterocycles. The zero-order chi connectivity index (χ0) is 23.0. The summed E-state index contributed by atoms with van der Waals surface area (Å²) in [5.74, 6) is 1.78. The van der Waals surface area contributed by atoms with Crippen LogP contribution in [0.4, 0.5) is 5.82 Å². The van der Waals surface area contributed by atoms with Gasteiger partial charge in [-0.25, -0.2) is 4.98 Å². The molecule has 2 aliphatic rings. The second-order valence-corrected chi connectivity index (χ2v) is 9.15. The maximum atomic E-state index is 13.3. The van der Waals surface area contributed by atoms with Gasteiger partial charge in [-0.1, -0.05) is 37.3 Å². The molecule has 170 valence electrons. The number of aryl methyl sites for hydroxylation is 1. The fourth-order valence-corrected chi connectivity index (χ4v) is 5.59. The van der Waals surface area contributed by atoms with Gasteiger partial charge in [0.25, 0.3) is 5.91 Å². The molecule has 5 heteroatoms. The minimum Gasteiger partial charge on any atom is -0.496 e. The van der Waals surface area contributed by atoms with Crippen molar-refractivity contribution >= 4 is 11.7 Å². The van der Waals surface area contributed by atoms with Crippen LogP contribution in [-0.4, -0.2) is 43.0 Å². The van der Waals surface area contributed by atoms with Crippen LogP contribution in [0.5, 0.6) is 5.75 Å². The van der Waals surface area contributed by atoms with Crippen LogP contribution in [0.1, 0.15) is 46.8 Å². The second-order valence-electron chi connectivity index (χ2n) is 9.15. The predicted octanol–water partition coefficient (Wildman–Crippen LogP) is 5.09. The molecule has 2 heterocycles. The lowest BCUT2D eigenvalue weighted by Crippen LogP contribution is -2.47. The molecule has 1 N–H and O–H groups in total. The van der Waals surface area contributed by atoms with E-state index in [1.54, 1.807) is 7.11 Å². The van der Waals surface area contributed by atoms with Crippen LogP contribution in [0.15, 0.2) is 54.7 Å². The van der Waals surface area contributed by atoms with Crippen molar-refractivity contribution in [1.29, 1.82) is 0 Å². The Labute approximate surface area is 195 Å². The molecule has 1 aliphatic heterocycles. The maximum absolute atomic E-state index is 13.3. The number of carbonyl (C=O) groups excluding carboxylic acids is 1.